The number of Topliss-reactive ketones (excluding diaryl/α,β-unsaturated/α-hetero) is 1. The predicted octanol–water partition coefficient (Wildman–Crippen LogP) is 1.92. The first-order chi connectivity index (χ1) is 12.4. The molecule has 0 radical (unpaired) electrons. The average Bonchev–Trinajstić information content (AvgIpc) is 2.62. The third-order valence-electron chi connectivity index (χ3n) is 4.79. The molecule has 2 N–H and O–H groups in total. The third kappa shape index (κ3) is 4.32. The van der Waals surface area contributed by atoms with Gasteiger partial charge >= 0.3 is 13.7 Å². The first-order valence-corrected chi connectivity index (χ1v) is 10.2. The molecule has 1 aromatic rings. The second-order valence-corrected chi connectivity index (χ2v) is 8.31. The highest BCUT2D eigenvalue weighted by Gasteiger charge is 2.43. The Hall–Kier alpha value is -1.73. The van der Waals surface area contributed by atoms with Crippen molar-refractivity contribution in [2.75, 3.05) is 19.7 Å². The topological polar surface area (TPSA) is 105 Å². The van der Waals surface area contributed by atoms with Gasteiger partial charge in [-0.25, -0.2) is 4.57 Å². The summed E-state index contributed by atoms with van der Waals surface area (Å²) in [7, 11) is -3.98. The first kappa shape index (κ1) is 19.0. The van der Waals surface area contributed by atoms with Gasteiger partial charge in [-0.15, -0.1) is 0 Å². The fourth-order valence-electron chi connectivity index (χ4n) is 3.31. The van der Waals surface area contributed by atoms with Crippen LogP contribution in [-0.4, -0.2) is 53.5 Å². The fourth-order valence-corrected chi connectivity index (χ4v) is 4.81. The lowest BCUT2D eigenvalue weighted by Crippen LogP contribution is -2.57. The van der Waals surface area contributed by atoms with Gasteiger partial charge in [-0.1, -0.05) is 18.2 Å². The van der Waals surface area contributed by atoms with Crippen molar-refractivity contribution in [1.29, 1.82) is 0 Å². The van der Waals surface area contributed by atoms with Crippen molar-refractivity contribution in [3.05, 3.63) is 30.3 Å². The van der Waals surface area contributed by atoms with Crippen molar-refractivity contribution in [1.82, 2.24) is 9.99 Å². The molecule has 0 amide bonds. The van der Waals surface area contributed by atoms with Crippen molar-refractivity contribution in [2.45, 2.75) is 31.8 Å². The van der Waals surface area contributed by atoms with Gasteiger partial charge in [0.25, 0.3) is 0 Å². The molecule has 9 heteroatoms. The van der Waals surface area contributed by atoms with Gasteiger partial charge in [0.2, 0.25) is 0 Å². The van der Waals surface area contributed by atoms with Gasteiger partial charge in [0.1, 0.15) is 11.8 Å². The van der Waals surface area contributed by atoms with Gasteiger partial charge in [0, 0.05) is 5.92 Å². The molecule has 3 atom stereocenters. The summed E-state index contributed by atoms with van der Waals surface area (Å²) in [6.07, 6.45) is 1.70. The molecule has 0 saturated carbocycles. The van der Waals surface area contributed by atoms with Crippen LogP contribution in [0.15, 0.2) is 30.3 Å². The van der Waals surface area contributed by atoms with Gasteiger partial charge in [-0.05, 0) is 45.0 Å². The molecule has 1 unspecified atom stereocenters. The molecule has 1 aromatic carbocycles. The van der Waals surface area contributed by atoms with Crippen molar-refractivity contribution >= 4 is 19.5 Å². The standard InChI is InChI=1S/C17H23N2O6P/c1-12(17(21)22)18-26(23,25-14-5-3-2-4-6-14)24-11-15-16(20)13-7-9-19(15)10-8-13/h2-6,12-13,15H,7-11H2,1H3,(H,18,23)(H,21,22)/t12-,15-,26?/m0/s1. The molecule has 2 bridgehead atoms. The van der Waals surface area contributed by atoms with Crippen LogP contribution >= 0.6 is 7.75 Å². The van der Waals surface area contributed by atoms with Crippen LogP contribution in [0.5, 0.6) is 5.75 Å². The molecular weight excluding hydrogens is 359 g/mol. The number of ketones is 1. The van der Waals surface area contributed by atoms with Gasteiger partial charge in [-0.3, -0.25) is 19.0 Å². The number of hydrogen-bond donors (Lipinski definition) is 2. The van der Waals surface area contributed by atoms with E-state index in [2.05, 4.69) is 5.09 Å². The summed E-state index contributed by atoms with van der Waals surface area (Å²) in [6, 6.07) is 6.78. The summed E-state index contributed by atoms with van der Waals surface area (Å²) in [5.41, 5.74) is 0. The number of carbonyl (C=O) groups is 2. The Balaban J connectivity index is 1.71. The Bertz CT molecular complexity index is 704. The molecular formula is C17H23N2O6P. The normalized spacial score (nSPS) is 28.3. The van der Waals surface area contributed by atoms with E-state index in [1.54, 1.807) is 30.3 Å². The highest BCUT2D eigenvalue weighted by Crippen LogP contribution is 2.45. The van der Waals surface area contributed by atoms with Crippen LogP contribution in [0.2, 0.25) is 0 Å². The lowest BCUT2D eigenvalue weighted by atomic mass is 9.82. The summed E-state index contributed by atoms with van der Waals surface area (Å²) in [5, 5.41) is 11.5. The minimum Gasteiger partial charge on any atom is -0.480 e. The van der Waals surface area contributed by atoms with E-state index in [0.29, 0.717) is 0 Å². The van der Waals surface area contributed by atoms with E-state index < -0.39 is 25.8 Å². The second kappa shape index (κ2) is 7.88. The Morgan fingerprint density at radius 1 is 1.35 bits per heavy atom. The van der Waals surface area contributed by atoms with Gasteiger partial charge in [0.15, 0.2) is 5.78 Å². The molecule has 3 heterocycles. The predicted molar refractivity (Wildman–Crippen MR) is 94.0 cm³/mol. The molecule has 142 valence electrons. The largest absolute Gasteiger partial charge is 0.480 e. The van der Waals surface area contributed by atoms with Crippen molar-refractivity contribution < 1.29 is 28.3 Å². The zero-order valence-electron chi connectivity index (χ0n) is 14.5. The summed E-state index contributed by atoms with van der Waals surface area (Å²) in [5.74, 6) is -0.756. The number of carboxylic acids is 1. The number of nitrogens with zero attached hydrogens (tertiary/aromatic N) is 1. The van der Waals surface area contributed by atoms with Crippen molar-refractivity contribution in [3.63, 3.8) is 0 Å². The van der Waals surface area contributed by atoms with E-state index in [9.17, 15) is 14.2 Å². The smallest absolute Gasteiger partial charge is 0.459 e. The van der Waals surface area contributed by atoms with E-state index in [-0.39, 0.29) is 24.1 Å². The summed E-state index contributed by atoms with van der Waals surface area (Å²) >= 11 is 0. The highest BCUT2D eigenvalue weighted by atomic mass is 31.2. The molecule has 3 aliphatic heterocycles. The van der Waals surface area contributed by atoms with E-state index in [1.165, 1.54) is 6.92 Å². The van der Waals surface area contributed by atoms with Crippen LogP contribution in [-0.2, 0) is 18.7 Å². The van der Waals surface area contributed by atoms with Crippen molar-refractivity contribution in [3.8, 4) is 5.75 Å². The number of aliphatic carboxylic acids is 1. The number of hydrogen-bond acceptors (Lipinski definition) is 6. The molecule has 0 aliphatic carbocycles. The fraction of sp³-hybridized carbons (Fsp3) is 0.529. The Morgan fingerprint density at radius 2 is 2.00 bits per heavy atom. The highest BCUT2D eigenvalue weighted by molar-refractivity contribution is 7.52. The van der Waals surface area contributed by atoms with Gasteiger partial charge < -0.3 is 9.63 Å². The Morgan fingerprint density at radius 3 is 2.58 bits per heavy atom. The number of rotatable bonds is 8. The Labute approximate surface area is 152 Å². The number of benzene rings is 1. The van der Waals surface area contributed by atoms with Gasteiger partial charge in [0.05, 0.1) is 12.6 Å². The van der Waals surface area contributed by atoms with E-state index in [4.69, 9.17) is 14.2 Å². The maximum absolute atomic E-state index is 13.1. The van der Waals surface area contributed by atoms with Crippen LogP contribution in [0.4, 0.5) is 0 Å². The maximum atomic E-state index is 13.1. The number of para-hydroxylation sites is 1. The Kier molecular flexibility index (Phi) is 5.77. The zero-order valence-corrected chi connectivity index (χ0v) is 15.4. The first-order valence-electron chi connectivity index (χ1n) is 8.65. The lowest BCUT2D eigenvalue weighted by Gasteiger charge is -2.43. The summed E-state index contributed by atoms with van der Waals surface area (Å²) in [4.78, 5) is 25.6. The zero-order chi connectivity index (χ0) is 18.7. The molecule has 4 rings (SSSR count). The average molecular weight is 382 g/mol. The van der Waals surface area contributed by atoms with E-state index in [0.717, 1.165) is 25.9 Å². The number of fused-ring (bicyclic) bond motifs is 3. The van der Waals surface area contributed by atoms with Crippen LogP contribution in [0.3, 0.4) is 0 Å². The maximum Gasteiger partial charge on any atom is 0.459 e. The monoisotopic (exact) mass is 382 g/mol. The molecule has 8 nitrogen and oxygen atoms in total. The SMILES string of the molecule is C[C@H](NP(=O)(OC[C@H]1C(=O)C2CCN1CC2)Oc1ccccc1)C(=O)O. The number of carboxylic acid groups (broad SMARTS) is 1. The van der Waals surface area contributed by atoms with Gasteiger partial charge in [-0.2, -0.15) is 5.09 Å². The second-order valence-electron chi connectivity index (χ2n) is 6.62. The molecule has 0 spiro atoms. The summed E-state index contributed by atoms with van der Waals surface area (Å²) in [6.45, 7) is 2.88. The van der Waals surface area contributed by atoms with E-state index >= 15 is 0 Å². The van der Waals surface area contributed by atoms with Crippen LogP contribution in [0, 0.1) is 5.92 Å². The number of nitrogens with one attached hydrogen (secondary N) is 1. The number of piperidine rings is 3. The van der Waals surface area contributed by atoms with Crippen LogP contribution in [0.1, 0.15) is 19.8 Å². The third-order valence-corrected chi connectivity index (χ3v) is 6.44. The number of carbonyl (C=O) groups excluding carboxylic acids is 1. The van der Waals surface area contributed by atoms with Crippen LogP contribution < -0.4 is 9.61 Å². The molecule has 3 aliphatic rings. The van der Waals surface area contributed by atoms with E-state index in [1.807, 2.05) is 4.90 Å². The lowest BCUT2D eigenvalue weighted by molar-refractivity contribution is -0.139. The molecule has 3 fully saturated rings. The minimum absolute atomic E-state index is 0.0360. The summed E-state index contributed by atoms with van der Waals surface area (Å²) < 4.78 is 24.1. The van der Waals surface area contributed by atoms with Crippen molar-refractivity contribution in [2.24, 2.45) is 5.92 Å². The molecule has 3 saturated heterocycles. The molecule has 0 aromatic heterocycles. The van der Waals surface area contributed by atoms with Crippen LogP contribution in [0.25, 0.3) is 0 Å². The molecule has 26 heavy (non-hydrogen) atoms. The minimum atomic E-state index is -3.98. The quantitative estimate of drug-likeness (QED) is 0.657.